The van der Waals surface area contributed by atoms with Gasteiger partial charge in [-0.15, -0.1) is 0 Å². The maximum absolute atomic E-state index is 5.67. The van der Waals surface area contributed by atoms with Gasteiger partial charge in [-0.25, -0.2) is 0 Å². The van der Waals surface area contributed by atoms with Gasteiger partial charge in [0.1, 0.15) is 0 Å². The van der Waals surface area contributed by atoms with E-state index < -0.39 is 0 Å². The molecule has 4 aliphatic rings. The summed E-state index contributed by atoms with van der Waals surface area (Å²) in [6, 6.07) is 0. The number of fused-ring (bicyclic) bond motifs is 5. The molecule has 0 heterocycles. The molecule has 0 aromatic heterocycles. The fourth-order valence-corrected chi connectivity index (χ4v) is 6.82. The van der Waals surface area contributed by atoms with Gasteiger partial charge >= 0.3 is 0 Å². The molecule has 0 radical (unpaired) electrons. The van der Waals surface area contributed by atoms with Gasteiger partial charge in [-0.1, -0.05) is 31.9 Å². The standard InChI is InChI=1S/C20H32O/c1-19-10-4-5-17(19)16-7-6-14-13-15(21-3)8-12-20(14,2)18(16)9-11-19/h6,15-18H,4-5,7-13H2,1-3H3/t15-,16?,17?,18?,19?,20-/m0/s1. The molecule has 0 bridgehead atoms. The summed E-state index contributed by atoms with van der Waals surface area (Å²) in [6.45, 7) is 5.20. The van der Waals surface area contributed by atoms with Gasteiger partial charge in [0.25, 0.3) is 0 Å². The highest BCUT2D eigenvalue weighted by atomic mass is 16.5. The summed E-state index contributed by atoms with van der Waals surface area (Å²) < 4.78 is 5.67. The fourth-order valence-electron chi connectivity index (χ4n) is 6.82. The zero-order valence-corrected chi connectivity index (χ0v) is 14.2. The monoisotopic (exact) mass is 288 g/mol. The smallest absolute Gasteiger partial charge is 0.0608 e. The zero-order chi connectivity index (χ0) is 14.7. The molecule has 4 unspecified atom stereocenters. The van der Waals surface area contributed by atoms with Gasteiger partial charge < -0.3 is 4.74 Å². The van der Waals surface area contributed by atoms with Gasteiger partial charge in [-0.2, -0.15) is 0 Å². The Morgan fingerprint density at radius 1 is 1.05 bits per heavy atom. The summed E-state index contributed by atoms with van der Waals surface area (Å²) in [5, 5.41) is 0. The Morgan fingerprint density at radius 2 is 1.90 bits per heavy atom. The van der Waals surface area contributed by atoms with Crippen molar-refractivity contribution in [3.8, 4) is 0 Å². The SMILES string of the molecule is CO[C@H]1CC[C@@]2(C)C(=CCC3C4CCCC4(C)CCC32)C1. The molecule has 21 heavy (non-hydrogen) atoms. The van der Waals surface area contributed by atoms with Crippen LogP contribution in [0.5, 0.6) is 0 Å². The predicted octanol–water partition coefficient (Wildman–Crippen LogP) is 5.35. The Bertz CT molecular complexity index is 453. The second-order valence-electron chi connectivity index (χ2n) is 8.94. The van der Waals surface area contributed by atoms with Gasteiger partial charge in [0.2, 0.25) is 0 Å². The van der Waals surface area contributed by atoms with E-state index in [1.165, 1.54) is 57.8 Å². The highest BCUT2D eigenvalue weighted by Crippen LogP contribution is 2.64. The van der Waals surface area contributed by atoms with Crippen LogP contribution < -0.4 is 0 Å². The van der Waals surface area contributed by atoms with Crippen LogP contribution in [0, 0.1) is 28.6 Å². The van der Waals surface area contributed by atoms with Crippen LogP contribution in [0.15, 0.2) is 11.6 Å². The van der Waals surface area contributed by atoms with Crippen LogP contribution >= 0.6 is 0 Å². The molecule has 0 spiro atoms. The predicted molar refractivity (Wildman–Crippen MR) is 87.1 cm³/mol. The second-order valence-corrected chi connectivity index (χ2v) is 8.94. The molecule has 0 N–H and O–H groups in total. The third-order valence-corrected chi connectivity index (χ3v) is 8.17. The maximum atomic E-state index is 5.67. The van der Waals surface area contributed by atoms with Crippen LogP contribution in [0.1, 0.15) is 71.6 Å². The summed E-state index contributed by atoms with van der Waals surface area (Å²) in [4.78, 5) is 0. The normalized spacial score (nSPS) is 52.6. The van der Waals surface area contributed by atoms with Gasteiger partial charge in [0.15, 0.2) is 0 Å². The van der Waals surface area contributed by atoms with Crippen LogP contribution in [-0.2, 0) is 4.74 Å². The first kappa shape index (κ1) is 14.3. The summed E-state index contributed by atoms with van der Waals surface area (Å²) >= 11 is 0. The van der Waals surface area contributed by atoms with Crippen molar-refractivity contribution in [1.29, 1.82) is 0 Å². The van der Waals surface area contributed by atoms with Crippen molar-refractivity contribution < 1.29 is 4.74 Å². The van der Waals surface area contributed by atoms with Gasteiger partial charge in [0, 0.05) is 7.11 Å². The molecule has 1 heteroatoms. The molecular weight excluding hydrogens is 256 g/mol. The van der Waals surface area contributed by atoms with Crippen molar-refractivity contribution in [2.75, 3.05) is 7.11 Å². The summed E-state index contributed by atoms with van der Waals surface area (Å²) in [5.41, 5.74) is 2.94. The molecule has 4 rings (SSSR count). The lowest BCUT2D eigenvalue weighted by Gasteiger charge is -2.57. The number of rotatable bonds is 1. The number of ether oxygens (including phenoxy) is 1. The van der Waals surface area contributed by atoms with Crippen LogP contribution in [-0.4, -0.2) is 13.2 Å². The van der Waals surface area contributed by atoms with E-state index in [9.17, 15) is 0 Å². The number of allylic oxidation sites excluding steroid dienone is 1. The molecule has 6 atom stereocenters. The molecule has 3 saturated carbocycles. The average Bonchev–Trinajstić information content (AvgIpc) is 2.88. The Labute approximate surface area is 130 Å². The zero-order valence-electron chi connectivity index (χ0n) is 14.2. The lowest BCUT2D eigenvalue weighted by molar-refractivity contribution is -0.0409. The first-order valence-corrected chi connectivity index (χ1v) is 9.29. The quantitative estimate of drug-likeness (QED) is 0.591. The Hall–Kier alpha value is -0.300. The van der Waals surface area contributed by atoms with E-state index in [1.54, 1.807) is 5.57 Å². The summed E-state index contributed by atoms with van der Waals surface area (Å²) in [7, 11) is 1.89. The highest BCUT2D eigenvalue weighted by Gasteiger charge is 2.55. The van der Waals surface area contributed by atoms with Crippen molar-refractivity contribution in [2.45, 2.75) is 77.7 Å². The molecule has 1 nitrogen and oxygen atoms in total. The lowest BCUT2D eigenvalue weighted by atomic mass is 9.48. The summed E-state index contributed by atoms with van der Waals surface area (Å²) in [6.07, 6.45) is 15.8. The molecule has 3 fully saturated rings. The minimum Gasteiger partial charge on any atom is -0.381 e. The topological polar surface area (TPSA) is 9.23 Å². The third-order valence-electron chi connectivity index (χ3n) is 8.17. The van der Waals surface area contributed by atoms with Crippen molar-refractivity contribution in [1.82, 2.24) is 0 Å². The summed E-state index contributed by atoms with van der Waals surface area (Å²) in [5.74, 6) is 2.97. The van der Waals surface area contributed by atoms with E-state index in [2.05, 4.69) is 19.9 Å². The van der Waals surface area contributed by atoms with E-state index >= 15 is 0 Å². The first-order chi connectivity index (χ1) is 10.1. The average molecular weight is 288 g/mol. The van der Waals surface area contributed by atoms with Crippen molar-refractivity contribution in [2.24, 2.45) is 28.6 Å². The van der Waals surface area contributed by atoms with Crippen molar-refractivity contribution in [3.63, 3.8) is 0 Å². The van der Waals surface area contributed by atoms with Crippen LogP contribution in [0.25, 0.3) is 0 Å². The highest BCUT2D eigenvalue weighted by molar-refractivity contribution is 5.25. The minimum atomic E-state index is 0.487. The Morgan fingerprint density at radius 3 is 2.71 bits per heavy atom. The number of hydrogen-bond donors (Lipinski definition) is 0. The first-order valence-electron chi connectivity index (χ1n) is 9.29. The van der Waals surface area contributed by atoms with E-state index in [1.807, 2.05) is 7.11 Å². The van der Waals surface area contributed by atoms with E-state index in [0.29, 0.717) is 16.9 Å². The van der Waals surface area contributed by atoms with E-state index in [0.717, 1.165) is 17.8 Å². The van der Waals surface area contributed by atoms with Crippen LogP contribution in [0.2, 0.25) is 0 Å². The van der Waals surface area contributed by atoms with E-state index in [-0.39, 0.29) is 0 Å². The van der Waals surface area contributed by atoms with Crippen molar-refractivity contribution in [3.05, 3.63) is 11.6 Å². The molecule has 0 aliphatic heterocycles. The number of hydrogen-bond acceptors (Lipinski definition) is 1. The molecule has 0 aromatic carbocycles. The molecule has 4 aliphatic carbocycles. The molecule has 0 aromatic rings. The van der Waals surface area contributed by atoms with Gasteiger partial charge in [0.05, 0.1) is 6.10 Å². The minimum absolute atomic E-state index is 0.487. The van der Waals surface area contributed by atoms with Gasteiger partial charge in [-0.3, -0.25) is 0 Å². The second kappa shape index (κ2) is 4.85. The Balaban J connectivity index is 1.64. The number of methoxy groups -OCH3 is 1. The largest absolute Gasteiger partial charge is 0.381 e. The maximum Gasteiger partial charge on any atom is 0.0608 e. The van der Waals surface area contributed by atoms with E-state index in [4.69, 9.17) is 4.74 Å². The molecule has 0 amide bonds. The van der Waals surface area contributed by atoms with Crippen molar-refractivity contribution >= 4 is 0 Å². The van der Waals surface area contributed by atoms with Crippen LogP contribution in [0.3, 0.4) is 0 Å². The van der Waals surface area contributed by atoms with Crippen LogP contribution in [0.4, 0.5) is 0 Å². The molecule has 118 valence electrons. The Kier molecular flexibility index (Phi) is 3.30. The third kappa shape index (κ3) is 1.99. The lowest BCUT2D eigenvalue weighted by Crippen LogP contribution is -2.49. The molecule has 0 saturated heterocycles. The van der Waals surface area contributed by atoms with Gasteiger partial charge in [-0.05, 0) is 80.0 Å². The molecular formula is C20H32O. The fraction of sp³-hybridized carbons (Fsp3) is 0.900.